The molecule has 140 valence electrons. The molecule has 2 aromatic carbocycles. The van der Waals surface area contributed by atoms with Gasteiger partial charge in [0.15, 0.2) is 11.5 Å². The van der Waals surface area contributed by atoms with Gasteiger partial charge in [-0.1, -0.05) is 18.2 Å². The molecule has 0 spiro atoms. The third-order valence-electron chi connectivity index (χ3n) is 4.20. The number of nitrogens with zero attached hydrogens (tertiary/aromatic N) is 1. The standard InChI is InChI=1S/C18H21NO5S2/c1-22-15-12-17(24-3)16(23-2)11-14(15)18-19(9-10-25-18)26(20,21)13-7-5-4-6-8-13/h4-8,11-12,18H,9-10H2,1-3H3/t18-/m0/s1. The minimum Gasteiger partial charge on any atom is -0.496 e. The number of thioether (sulfide) groups is 1. The molecule has 1 saturated heterocycles. The smallest absolute Gasteiger partial charge is 0.244 e. The molecular weight excluding hydrogens is 374 g/mol. The van der Waals surface area contributed by atoms with E-state index >= 15 is 0 Å². The molecule has 0 saturated carbocycles. The van der Waals surface area contributed by atoms with Crippen LogP contribution in [0.3, 0.4) is 0 Å². The maximum Gasteiger partial charge on any atom is 0.244 e. The van der Waals surface area contributed by atoms with E-state index in [2.05, 4.69) is 0 Å². The molecule has 1 aliphatic rings. The highest BCUT2D eigenvalue weighted by molar-refractivity contribution is 8.01. The Morgan fingerprint density at radius 1 is 0.962 bits per heavy atom. The molecule has 0 aliphatic carbocycles. The Morgan fingerprint density at radius 2 is 1.58 bits per heavy atom. The molecule has 1 aliphatic heterocycles. The summed E-state index contributed by atoms with van der Waals surface area (Å²) < 4.78 is 43.9. The normalized spacial score (nSPS) is 17.9. The maximum atomic E-state index is 13.1. The third kappa shape index (κ3) is 3.36. The van der Waals surface area contributed by atoms with E-state index in [0.717, 1.165) is 5.56 Å². The predicted molar refractivity (Wildman–Crippen MR) is 102 cm³/mol. The molecular formula is C18H21NO5S2. The summed E-state index contributed by atoms with van der Waals surface area (Å²) >= 11 is 1.56. The summed E-state index contributed by atoms with van der Waals surface area (Å²) in [7, 11) is 1.04. The van der Waals surface area contributed by atoms with E-state index in [0.29, 0.717) is 29.5 Å². The van der Waals surface area contributed by atoms with Crippen LogP contribution in [0.4, 0.5) is 0 Å². The van der Waals surface area contributed by atoms with Gasteiger partial charge >= 0.3 is 0 Å². The van der Waals surface area contributed by atoms with E-state index in [1.165, 1.54) is 4.31 Å². The van der Waals surface area contributed by atoms with Gasteiger partial charge < -0.3 is 14.2 Å². The molecule has 1 heterocycles. The Bertz CT molecular complexity index is 871. The van der Waals surface area contributed by atoms with E-state index < -0.39 is 15.4 Å². The zero-order valence-electron chi connectivity index (χ0n) is 14.8. The highest BCUT2D eigenvalue weighted by Gasteiger charge is 2.38. The zero-order chi connectivity index (χ0) is 18.7. The highest BCUT2D eigenvalue weighted by atomic mass is 32.2. The van der Waals surface area contributed by atoms with Gasteiger partial charge in [-0.15, -0.1) is 11.8 Å². The number of benzene rings is 2. The molecule has 26 heavy (non-hydrogen) atoms. The minimum atomic E-state index is -3.61. The van der Waals surface area contributed by atoms with Crippen LogP contribution in [0.1, 0.15) is 10.9 Å². The molecule has 0 N–H and O–H groups in total. The molecule has 2 aromatic rings. The van der Waals surface area contributed by atoms with Crippen molar-refractivity contribution in [2.75, 3.05) is 33.6 Å². The molecule has 0 aromatic heterocycles. The van der Waals surface area contributed by atoms with Crippen LogP contribution in [-0.4, -0.2) is 46.4 Å². The second kappa shape index (κ2) is 7.77. The number of rotatable bonds is 6. The van der Waals surface area contributed by atoms with Crippen LogP contribution in [0.25, 0.3) is 0 Å². The van der Waals surface area contributed by atoms with E-state index in [1.807, 2.05) is 0 Å². The van der Waals surface area contributed by atoms with Crippen molar-refractivity contribution >= 4 is 21.8 Å². The predicted octanol–water partition coefficient (Wildman–Crippen LogP) is 3.15. The first kappa shape index (κ1) is 18.9. The SMILES string of the molecule is COc1cc(OC)c([C@@H]2SCCN2S(=O)(=O)c2ccccc2)cc1OC. The van der Waals surface area contributed by atoms with Crippen molar-refractivity contribution in [3.05, 3.63) is 48.0 Å². The molecule has 1 fully saturated rings. The van der Waals surface area contributed by atoms with Crippen LogP contribution in [0.2, 0.25) is 0 Å². The Morgan fingerprint density at radius 3 is 2.19 bits per heavy atom. The fourth-order valence-electron chi connectivity index (χ4n) is 2.92. The number of sulfonamides is 1. The van der Waals surface area contributed by atoms with Gasteiger partial charge in [-0.2, -0.15) is 4.31 Å². The lowest BCUT2D eigenvalue weighted by molar-refractivity contribution is 0.344. The largest absolute Gasteiger partial charge is 0.496 e. The van der Waals surface area contributed by atoms with Crippen molar-refractivity contribution in [3.63, 3.8) is 0 Å². The Labute approximate surface area is 158 Å². The number of hydrogen-bond donors (Lipinski definition) is 0. The van der Waals surface area contributed by atoms with Gasteiger partial charge in [-0.05, 0) is 18.2 Å². The lowest BCUT2D eigenvalue weighted by Gasteiger charge is -2.25. The van der Waals surface area contributed by atoms with Gasteiger partial charge in [0.05, 0.1) is 31.6 Å². The fraction of sp³-hybridized carbons (Fsp3) is 0.333. The number of methoxy groups -OCH3 is 3. The Hall–Kier alpha value is -1.90. The molecule has 8 heteroatoms. The van der Waals surface area contributed by atoms with Gasteiger partial charge in [-0.3, -0.25) is 0 Å². The number of ether oxygens (including phenoxy) is 3. The Balaban J connectivity index is 2.06. The lowest BCUT2D eigenvalue weighted by Crippen LogP contribution is -2.30. The van der Waals surface area contributed by atoms with E-state index in [-0.39, 0.29) is 4.90 Å². The van der Waals surface area contributed by atoms with Crippen molar-refractivity contribution < 1.29 is 22.6 Å². The van der Waals surface area contributed by atoms with Crippen LogP contribution in [0, 0.1) is 0 Å². The van der Waals surface area contributed by atoms with Crippen molar-refractivity contribution in [2.45, 2.75) is 10.3 Å². The Kier molecular flexibility index (Phi) is 5.64. The van der Waals surface area contributed by atoms with Crippen molar-refractivity contribution in [1.82, 2.24) is 4.31 Å². The molecule has 3 rings (SSSR count). The molecule has 6 nitrogen and oxygen atoms in total. The van der Waals surface area contributed by atoms with Gasteiger partial charge in [-0.25, -0.2) is 8.42 Å². The van der Waals surface area contributed by atoms with Crippen LogP contribution in [-0.2, 0) is 10.0 Å². The average molecular weight is 396 g/mol. The topological polar surface area (TPSA) is 65.1 Å². The van der Waals surface area contributed by atoms with E-state index in [1.54, 1.807) is 75.6 Å². The summed E-state index contributed by atoms with van der Waals surface area (Å²) in [6.45, 7) is 0.435. The molecule has 1 atom stereocenters. The van der Waals surface area contributed by atoms with E-state index in [9.17, 15) is 8.42 Å². The van der Waals surface area contributed by atoms with Crippen LogP contribution < -0.4 is 14.2 Å². The molecule has 0 unspecified atom stereocenters. The lowest BCUT2D eigenvalue weighted by atomic mass is 10.1. The van der Waals surface area contributed by atoms with Crippen molar-refractivity contribution in [2.24, 2.45) is 0 Å². The van der Waals surface area contributed by atoms with Crippen LogP contribution in [0.5, 0.6) is 17.2 Å². The summed E-state index contributed by atoms with van der Waals surface area (Å²) in [6.07, 6.45) is 0. The third-order valence-corrected chi connectivity index (χ3v) is 7.46. The highest BCUT2D eigenvalue weighted by Crippen LogP contribution is 2.47. The first-order valence-electron chi connectivity index (χ1n) is 8.01. The zero-order valence-corrected chi connectivity index (χ0v) is 16.5. The van der Waals surface area contributed by atoms with Crippen molar-refractivity contribution in [3.8, 4) is 17.2 Å². The first-order chi connectivity index (χ1) is 12.5. The van der Waals surface area contributed by atoms with Gasteiger partial charge in [0.1, 0.15) is 5.75 Å². The summed E-state index contributed by atoms with van der Waals surface area (Å²) in [5.41, 5.74) is 0.743. The van der Waals surface area contributed by atoms with Gasteiger partial charge in [0.2, 0.25) is 10.0 Å². The molecule has 0 amide bonds. The second-order valence-corrected chi connectivity index (χ2v) is 8.68. The summed E-state index contributed by atoms with van der Waals surface area (Å²) in [5, 5.41) is -0.394. The maximum absolute atomic E-state index is 13.1. The molecule has 0 bridgehead atoms. The molecule has 0 radical (unpaired) electrons. The summed E-state index contributed by atoms with van der Waals surface area (Å²) in [6, 6.07) is 12.0. The monoisotopic (exact) mass is 395 g/mol. The first-order valence-corrected chi connectivity index (χ1v) is 10.5. The van der Waals surface area contributed by atoms with E-state index in [4.69, 9.17) is 14.2 Å². The van der Waals surface area contributed by atoms with Crippen molar-refractivity contribution in [1.29, 1.82) is 0 Å². The quantitative estimate of drug-likeness (QED) is 0.749. The number of hydrogen-bond acceptors (Lipinski definition) is 6. The average Bonchev–Trinajstić information content (AvgIpc) is 3.18. The van der Waals surface area contributed by atoms with Gasteiger partial charge in [0, 0.05) is 23.9 Å². The van der Waals surface area contributed by atoms with Gasteiger partial charge in [0.25, 0.3) is 0 Å². The second-order valence-electron chi connectivity index (χ2n) is 5.60. The fourth-order valence-corrected chi connectivity index (χ4v) is 6.19. The van der Waals surface area contributed by atoms with Crippen LogP contribution >= 0.6 is 11.8 Å². The van der Waals surface area contributed by atoms with Crippen LogP contribution in [0.15, 0.2) is 47.4 Å². The summed E-state index contributed by atoms with van der Waals surface area (Å²) in [5.74, 6) is 2.34. The summed E-state index contributed by atoms with van der Waals surface area (Å²) in [4.78, 5) is 0.284. The minimum absolute atomic E-state index is 0.284.